The number of hydrogen-bond acceptors (Lipinski definition) is 2. The standard InChI is InChI=1S/C11H14O2/c1-3-10(12)8-13-11-6-4-9(2)5-7-11/h3-7,10,12H,1,8H2,2H3. The second-order valence-corrected chi connectivity index (χ2v) is 2.93. The van der Waals surface area contributed by atoms with Gasteiger partial charge < -0.3 is 9.84 Å². The molecule has 1 unspecified atom stereocenters. The molecule has 0 amide bonds. The third kappa shape index (κ3) is 3.30. The number of benzene rings is 1. The zero-order chi connectivity index (χ0) is 9.68. The Morgan fingerprint density at radius 3 is 2.62 bits per heavy atom. The van der Waals surface area contributed by atoms with Crippen LogP contribution in [-0.4, -0.2) is 17.8 Å². The predicted molar refractivity (Wildman–Crippen MR) is 52.9 cm³/mol. The van der Waals surface area contributed by atoms with Crippen molar-refractivity contribution in [3.63, 3.8) is 0 Å². The van der Waals surface area contributed by atoms with Crippen molar-refractivity contribution in [3.8, 4) is 5.75 Å². The smallest absolute Gasteiger partial charge is 0.119 e. The second-order valence-electron chi connectivity index (χ2n) is 2.93. The fourth-order valence-corrected chi connectivity index (χ4v) is 0.884. The molecule has 0 aromatic heterocycles. The number of aliphatic hydroxyl groups is 1. The maximum Gasteiger partial charge on any atom is 0.119 e. The molecule has 0 heterocycles. The van der Waals surface area contributed by atoms with Crippen LogP contribution in [0.3, 0.4) is 0 Å². The van der Waals surface area contributed by atoms with Crippen molar-refractivity contribution in [1.29, 1.82) is 0 Å². The Balaban J connectivity index is 2.45. The molecule has 2 heteroatoms. The molecule has 13 heavy (non-hydrogen) atoms. The van der Waals surface area contributed by atoms with Gasteiger partial charge in [0.1, 0.15) is 18.5 Å². The van der Waals surface area contributed by atoms with E-state index in [0.29, 0.717) is 0 Å². The van der Waals surface area contributed by atoms with Gasteiger partial charge in [0.05, 0.1) is 0 Å². The highest BCUT2D eigenvalue weighted by Crippen LogP contribution is 2.11. The van der Waals surface area contributed by atoms with Crippen LogP contribution in [0, 0.1) is 6.92 Å². The first-order valence-electron chi connectivity index (χ1n) is 4.22. The number of rotatable bonds is 4. The summed E-state index contributed by atoms with van der Waals surface area (Å²) in [5, 5.41) is 9.13. The van der Waals surface area contributed by atoms with E-state index in [1.165, 1.54) is 11.6 Å². The number of hydrogen-bond donors (Lipinski definition) is 1. The lowest BCUT2D eigenvalue weighted by atomic mass is 10.2. The monoisotopic (exact) mass is 178 g/mol. The van der Waals surface area contributed by atoms with Crippen LogP contribution in [0.25, 0.3) is 0 Å². The Morgan fingerprint density at radius 1 is 1.46 bits per heavy atom. The SMILES string of the molecule is C=CC(O)COc1ccc(C)cc1. The lowest BCUT2D eigenvalue weighted by molar-refractivity contribution is 0.145. The van der Waals surface area contributed by atoms with Gasteiger partial charge in [0.25, 0.3) is 0 Å². The first-order chi connectivity index (χ1) is 6.22. The van der Waals surface area contributed by atoms with Crippen LogP contribution in [-0.2, 0) is 0 Å². The molecule has 0 saturated heterocycles. The lowest BCUT2D eigenvalue weighted by Gasteiger charge is -2.08. The van der Waals surface area contributed by atoms with Crippen molar-refractivity contribution in [2.24, 2.45) is 0 Å². The lowest BCUT2D eigenvalue weighted by Crippen LogP contribution is -2.13. The summed E-state index contributed by atoms with van der Waals surface area (Å²) < 4.78 is 5.29. The summed E-state index contributed by atoms with van der Waals surface area (Å²) in [6, 6.07) is 7.70. The Bertz CT molecular complexity index is 264. The molecule has 0 bridgehead atoms. The molecular formula is C11H14O2. The van der Waals surface area contributed by atoms with Crippen molar-refractivity contribution < 1.29 is 9.84 Å². The summed E-state index contributed by atoms with van der Waals surface area (Å²) in [5.74, 6) is 0.770. The van der Waals surface area contributed by atoms with Gasteiger partial charge in [-0.25, -0.2) is 0 Å². The molecule has 1 N–H and O–H groups in total. The number of aryl methyl sites for hydroxylation is 1. The van der Waals surface area contributed by atoms with Crippen molar-refractivity contribution in [3.05, 3.63) is 42.5 Å². The zero-order valence-electron chi connectivity index (χ0n) is 7.73. The van der Waals surface area contributed by atoms with Crippen LogP contribution in [0.15, 0.2) is 36.9 Å². The van der Waals surface area contributed by atoms with Gasteiger partial charge in [0.2, 0.25) is 0 Å². The molecule has 0 saturated carbocycles. The predicted octanol–water partition coefficient (Wildman–Crippen LogP) is 1.92. The average Bonchev–Trinajstić information content (AvgIpc) is 2.16. The van der Waals surface area contributed by atoms with Crippen LogP contribution in [0.5, 0.6) is 5.75 Å². The summed E-state index contributed by atoms with van der Waals surface area (Å²) in [4.78, 5) is 0. The van der Waals surface area contributed by atoms with Gasteiger partial charge in [-0.2, -0.15) is 0 Å². The van der Waals surface area contributed by atoms with E-state index in [1.54, 1.807) is 0 Å². The third-order valence-corrected chi connectivity index (χ3v) is 1.71. The Hall–Kier alpha value is -1.28. The molecule has 2 nitrogen and oxygen atoms in total. The molecule has 1 rings (SSSR count). The summed E-state index contributed by atoms with van der Waals surface area (Å²) in [6.07, 6.45) is 0.857. The highest BCUT2D eigenvalue weighted by molar-refractivity contribution is 5.26. The molecule has 70 valence electrons. The maximum atomic E-state index is 9.13. The fraction of sp³-hybridized carbons (Fsp3) is 0.273. The molecule has 1 aromatic rings. The van der Waals surface area contributed by atoms with Crippen LogP contribution in [0.2, 0.25) is 0 Å². The second kappa shape index (κ2) is 4.67. The minimum absolute atomic E-state index is 0.257. The van der Waals surface area contributed by atoms with Gasteiger partial charge in [-0.3, -0.25) is 0 Å². The van der Waals surface area contributed by atoms with E-state index in [9.17, 15) is 0 Å². The topological polar surface area (TPSA) is 29.5 Å². The van der Waals surface area contributed by atoms with E-state index < -0.39 is 6.10 Å². The van der Waals surface area contributed by atoms with Crippen molar-refractivity contribution in [2.45, 2.75) is 13.0 Å². The van der Waals surface area contributed by atoms with Crippen molar-refractivity contribution >= 4 is 0 Å². The molecule has 0 aliphatic heterocycles. The molecule has 1 atom stereocenters. The van der Waals surface area contributed by atoms with Crippen molar-refractivity contribution in [1.82, 2.24) is 0 Å². The summed E-state index contributed by atoms with van der Waals surface area (Å²) >= 11 is 0. The highest BCUT2D eigenvalue weighted by atomic mass is 16.5. The van der Waals surface area contributed by atoms with E-state index in [2.05, 4.69) is 6.58 Å². The van der Waals surface area contributed by atoms with E-state index in [-0.39, 0.29) is 6.61 Å². The van der Waals surface area contributed by atoms with Gasteiger partial charge in [0, 0.05) is 0 Å². The summed E-state index contributed by atoms with van der Waals surface area (Å²) in [5.41, 5.74) is 1.19. The maximum absolute atomic E-state index is 9.13. The van der Waals surface area contributed by atoms with Crippen molar-refractivity contribution in [2.75, 3.05) is 6.61 Å². The minimum Gasteiger partial charge on any atom is -0.491 e. The molecule has 0 radical (unpaired) electrons. The van der Waals surface area contributed by atoms with Crippen LogP contribution in [0.4, 0.5) is 0 Å². The normalized spacial score (nSPS) is 12.2. The highest BCUT2D eigenvalue weighted by Gasteiger charge is 1.98. The van der Waals surface area contributed by atoms with E-state index in [1.807, 2.05) is 31.2 Å². The number of ether oxygens (including phenoxy) is 1. The third-order valence-electron chi connectivity index (χ3n) is 1.71. The molecule has 0 fully saturated rings. The molecule has 1 aromatic carbocycles. The Labute approximate surface area is 78.5 Å². The molecule has 0 aliphatic carbocycles. The van der Waals surface area contributed by atoms with Crippen LogP contribution in [0.1, 0.15) is 5.56 Å². The van der Waals surface area contributed by atoms with Gasteiger partial charge in [-0.05, 0) is 19.1 Å². The van der Waals surface area contributed by atoms with Gasteiger partial charge in [-0.15, -0.1) is 6.58 Å². The van der Waals surface area contributed by atoms with Gasteiger partial charge in [-0.1, -0.05) is 23.8 Å². The first-order valence-corrected chi connectivity index (χ1v) is 4.22. The largest absolute Gasteiger partial charge is 0.491 e. The summed E-state index contributed by atoms with van der Waals surface area (Å²) in [7, 11) is 0. The molecular weight excluding hydrogens is 164 g/mol. The minimum atomic E-state index is -0.596. The van der Waals surface area contributed by atoms with E-state index in [4.69, 9.17) is 9.84 Å². The quantitative estimate of drug-likeness (QED) is 0.714. The Kier molecular flexibility index (Phi) is 3.53. The number of aliphatic hydroxyl groups excluding tert-OH is 1. The average molecular weight is 178 g/mol. The first kappa shape index (κ1) is 9.81. The molecule has 0 spiro atoms. The Morgan fingerprint density at radius 2 is 2.08 bits per heavy atom. The summed E-state index contributed by atoms with van der Waals surface area (Å²) in [6.45, 7) is 5.73. The van der Waals surface area contributed by atoms with Crippen LogP contribution >= 0.6 is 0 Å². The van der Waals surface area contributed by atoms with Gasteiger partial charge in [0.15, 0.2) is 0 Å². The van der Waals surface area contributed by atoms with E-state index >= 15 is 0 Å². The van der Waals surface area contributed by atoms with E-state index in [0.717, 1.165) is 5.75 Å². The fourth-order valence-electron chi connectivity index (χ4n) is 0.884. The molecule has 0 aliphatic rings. The van der Waals surface area contributed by atoms with Crippen LogP contribution < -0.4 is 4.74 Å². The van der Waals surface area contributed by atoms with Gasteiger partial charge >= 0.3 is 0 Å². The zero-order valence-corrected chi connectivity index (χ0v) is 7.73.